The second kappa shape index (κ2) is 6.15. The van der Waals surface area contributed by atoms with Gasteiger partial charge in [-0.25, -0.2) is 4.98 Å². The molecule has 1 unspecified atom stereocenters. The van der Waals surface area contributed by atoms with E-state index in [4.69, 9.17) is 5.73 Å². The van der Waals surface area contributed by atoms with Crippen molar-refractivity contribution in [2.45, 2.75) is 25.7 Å². The first-order chi connectivity index (χ1) is 10.2. The third kappa shape index (κ3) is 3.63. The summed E-state index contributed by atoms with van der Waals surface area (Å²) in [7, 11) is 0. The Morgan fingerprint density at radius 2 is 2.10 bits per heavy atom. The van der Waals surface area contributed by atoms with E-state index in [1.54, 1.807) is 6.07 Å². The van der Waals surface area contributed by atoms with Crippen molar-refractivity contribution in [2.75, 3.05) is 44.2 Å². The van der Waals surface area contributed by atoms with Crippen LogP contribution >= 0.6 is 0 Å². The van der Waals surface area contributed by atoms with Crippen molar-refractivity contribution in [3.8, 4) is 0 Å². The molecule has 6 nitrogen and oxygen atoms in total. The van der Waals surface area contributed by atoms with Gasteiger partial charge in [0.1, 0.15) is 11.6 Å². The van der Waals surface area contributed by atoms with Gasteiger partial charge in [0.25, 0.3) is 5.56 Å². The SMILES string of the molecule is CC(CN)CN1CCN(c2cc(=O)[nH]c(C3CC3)n2)CC1. The van der Waals surface area contributed by atoms with Crippen molar-refractivity contribution in [1.29, 1.82) is 0 Å². The lowest BCUT2D eigenvalue weighted by atomic mass is 10.1. The molecule has 0 amide bonds. The maximum atomic E-state index is 11.8. The maximum absolute atomic E-state index is 11.8. The van der Waals surface area contributed by atoms with Crippen LogP contribution in [-0.4, -0.2) is 54.1 Å². The molecule has 1 atom stereocenters. The molecule has 1 saturated heterocycles. The molecular weight excluding hydrogens is 266 g/mol. The second-order valence-electron chi connectivity index (χ2n) is 6.39. The summed E-state index contributed by atoms with van der Waals surface area (Å²) in [5.41, 5.74) is 5.66. The van der Waals surface area contributed by atoms with E-state index in [0.29, 0.717) is 11.8 Å². The highest BCUT2D eigenvalue weighted by Crippen LogP contribution is 2.37. The molecule has 2 aliphatic rings. The largest absolute Gasteiger partial charge is 0.354 e. The van der Waals surface area contributed by atoms with Crippen LogP contribution in [0.1, 0.15) is 31.5 Å². The number of nitrogens with zero attached hydrogens (tertiary/aromatic N) is 3. The zero-order valence-corrected chi connectivity index (χ0v) is 12.7. The molecule has 1 aliphatic carbocycles. The van der Waals surface area contributed by atoms with E-state index < -0.39 is 0 Å². The van der Waals surface area contributed by atoms with Crippen LogP contribution in [0.4, 0.5) is 5.82 Å². The lowest BCUT2D eigenvalue weighted by molar-refractivity contribution is 0.226. The molecule has 3 rings (SSSR count). The summed E-state index contributed by atoms with van der Waals surface area (Å²) in [6, 6.07) is 1.63. The van der Waals surface area contributed by atoms with Crippen LogP contribution in [0.5, 0.6) is 0 Å². The third-order valence-electron chi connectivity index (χ3n) is 4.38. The molecule has 21 heavy (non-hydrogen) atoms. The number of piperazine rings is 1. The van der Waals surface area contributed by atoms with Gasteiger partial charge < -0.3 is 15.6 Å². The number of nitrogens with one attached hydrogen (secondary N) is 1. The Morgan fingerprint density at radius 3 is 2.71 bits per heavy atom. The van der Waals surface area contributed by atoms with E-state index in [9.17, 15) is 4.79 Å². The van der Waals surface area contributed by atoms with Gasteiger partial charge in [-0.15, -0.1) is 0 Å². The summed E-state index contributed by atoms with van der Waals surface area (Å²) in [4.78, 5) is 24.0. The predicted octanol–water partition coefficient (Wildman–Crippen LogP) is 0.364. The summed E-state index contributed by atoms with van der Waals surface area (Å²) in [5, 5.41) is 0. The van der Waals surface area contributed by atoms with E-state index in [2.05, 4.69) is 26.7 Å². The van der Waals surface area contributed by atoms with Gasteiger partial charge in [0.2, 0.25) is 0 Å². The Bertz CT molecular complexity index is 531. The van der Waals surface area contributed by atoms with E-state index in [0.717, 1.165) is 63.8 Å². The second-order valence-corrected chi connectivity index (χ2v) is 6.39. The highest BCUT2D eigenvalue weighted by molar-refractivity contribution is 5.38. The number of rotatable bonds is 5. The van der Waals surface area contributed by atoms with Gasteiger partial charge in [-0.05, 0) is 25.3 Å². The summed E-state index contributed by atoms with van der Waals surface area (Å²) in [5.74, 6) is 2.73. The molecule has 1 saturated carbocycles. The fraction of sp³-hybridized carbons (Fsp3) is 0.733. The first-order valence-electron chi connectivity index (χ1n) is 7.94. The van der Waals surface area contributed by atoms with Crippen molar-refractivity contribution in [1.82, 2.24) is 14.9 Å². The number of aromatic nitrogens is 2. The fourth-order valence-corrected chi connectivity index (χ4v) is 2.85. The van der Waals surface area contributed by atoms with Gasteiger partial charge >= 0.3 is 0 Å². The average Bonchev–Trinajstić information content (AvgIpc) is 3.32. The summed E-state index contributed by atoms with van der Waals surface area (Å²) in [6.07, 6.45) is 2.30. The molecule has 6 heteroatoms. The Kier molecular flexibility index (Phi) is 4.26. The fourth-order valence-electron chi connectivity index (χ4n) is 2.85. The minimum Gasteiger partial charge on any atom is -0.354 e. The van der Waals surface area contributed by atoms with Crippen molar-refractivity contribution >= 4 is 5.82 Å². The van der Waals surface area contributed by atoms with Gasteiger partial charge in [0.15, 0.2) is 0 Å². The first-order valence-corrected chi connectivity index (χ1v) is 7.94. The molecule has 1 aromatic heterocycles. The molecule has 0 spiro atoms. The van der Waals surface area contributed by atoms with Crippen LogP contribution in [0.3, 0.4) is 0 Å². The summed E-state index contributed by atoms with van der Waals surface area (Å²) >= 11 is 0. The Balaban J connectivity index is 1.62. The number of aromatic amines is 1. The van der Waals surface area contributed by atoms with Gasteiger partial charge in [0.05, 0.1) is 0 Å². The number of H-pyrrole nitrogens is 1. The molecule has 1 aliphatic heterocycles. The van der Waals surface area contributed by atoms with Crippen molar-refractivity contribution in [3.05, 3.63) is 22.2 Å². The van der Waals surface area contributed by atoms with E-state index >= 15 is 0 Å². The van der Waals surface area contributed by atoms with Gasteiger partial charge in [-0.3, -0.25) is 9.69 Å². The number of hydrogen-bond donors (Lipinski definition) is 2. The lowest BCUT2D eigenvalue weighted by Gasteiger charge is -2.36. The Labute approximate surface area is 125 Å². The maximum Gasteiger partial charge on any atom is 0.252 e. The van der Waals surface area contributed by atoms with Gasteiger partial charge in [-0.2, -0.15) is 0 Å². The Hall–Kier alpha value is -1.40. The van der Waals surface area contributed by atoms with Crippen LogP contribution in [0.15, 0.2) is 10.9 Å². The highest BCUT2D eigenvalue weighted by Gasteiger charge is 2.27. The lowest BCUT2D eigenvalue weighted by Crippen LogP contribution is -2.48. The summed E-state index contributed by atoms with van der Waals surface area (Å²) in [6.45, 7) is 7.86. The molecule has 0 bridgehead atoms. The zero-order chi connectivity index (χ0) is 14.8. The quantitative estimate of drug-likeness (QED) is 0.819. The molecule has 116 valence electrons. The molecule has 0 aromatic carbocycles. The normalized spacial score (nSPS) is 21.5. The van der Waals surface area contributed by atoms with Crippen LogP contribution in [-0.2, 0) is 0 Å². The predicted molar refractivity (Wildman–Crippen MR) is 83.7 cm³/mol. The van der Waals surface area contributed by atoms with Crippen molar-refractivity contribution in [3.63, 3.8) is 0 Å². The third-order valence-corrected chi connectivity index (χ3v) is 4.38. The minimum absolute atomic E-state index is 0.0268. The molecular formula is C15H25N5O. The first kappa shape index (κ1) is 14.5. The van der Waals surface area contributed by atoms with Crippen LogP contribution in [0.25, 0.3) is 0 Å². The number of anilines is 1. The highest BCUT2D eigenvalue weighted by atomic mass is 16.1. The smallest absolute Gasteiger partial charge is 0.252 e. The minimum atomic E-state index is -0.0268. The van der Waals surface area contributed by atoms with Crippen LogP contribution < -0.4 is 16.2 Å². The monoisotopic (exact) mass is 291 g/mol. The van der Waals surface area contributed by atoms with Crippen molar-refractivity contribution < 1.29 is 0 Å². The van der Waals surface area contributed by atoms with Crippen LogP contribution in [0, 0.1) is 5.92 Å². The number of nitrogens with two attached hydrogens (primary N) is 1. The Morgan fingerprint density at radius 1 is 1.38 bits per heavy atom. The standard InChI is InChI=1S/C15H25N5O/c1-11(9-16)10-19-4-6-20(7-5-19)13-8-14(21)18-15(17-13)12-2-3-12/h8,11-12H,2-7,9-10,16H2,1H3,(H,17,18,21). The van der Waals surface area contributed by atoms with E-state index in [1.807, 2.05) is 0 Å². The van der Waals surface area contributed by atoms with E-state index in [1.165, 1.54) is 0 Å². The number of hydrogen-bond acceptors (Lipinski definition) is 5. The topological polar surface area (TPSA) is 78.2 Å². The van der Waals surface area contributed by atoms with E-state index in [-0.39, 0.29) is 5.56 Å². The summed E-state index contributed by atoms with van der Waals surface area (Å²) < 4.78 is 0. The van der Waals surface area contributed by atoms with Gasteiger partial charge in [0, 0.05) is 44.7 Å². The molecule has 3 N–H and O–H groups in total. The average molecular weight is 291 g/mol. The molecule has 2 fully saturated rings. The van der Waals surface area contributed by atoms with Crippen LogP contribution in [0.2, 0.25) is 0 Å². The van der Waals surface area contributed by atoms with Gasteiger partial charge in [-0.1, -0.05) is 6.92 Å². The molecule has 1 aromatic rings. The molecule has 2 heterocycles. The zero-order valence-electron chi connectivity index (χ0n) is 12.7. The van der Waals surface area contributed by atoms with Crippen molar-refractivity contribution in [2.24, 2.45) is 11.7 Å². The molecule has 0 radical (unpaired) electrons.